The highest BCUT2D eigenvalue weighted by Crippen LogP contribution is 2.21. The number of rotatable bonds is 4. The van der Waals surface area contributed by atoms with Crippen molar-refractivity contribution in [1.29, 1.82) is 0 Å². The zero-order valence-corrected chi connectivity index (χ0v) is 12.5. The Kier molecular flexibility index (Phi) is 4.45. The van der Waals surface area contributed by atoms with E-state index < -0.39 is 0 Å². The smallest absolute Gasteiger partial charge is 0.244 e. The molecular weight excluding hydrogens is 284 g/mol. The second-order valence-corrected chi connectivity index (χ2v) is 5.74. The molecule has 1 aliphatic heterocycles. The van der Waals surface area contributed by atoms with Crippen molar-refractivity contribution in [3.63, 3.8) is 0 Å². The average molecular weight is 304 g/mol. The Morgan fingerprint density at radius 1 is 1.09 bits per heavy atom. The molecular formula is C14H20N6O2. The summed E-state index contributed by atoms with van der Waals surface area (Å²) in [6, 6.07) is 0. The Morgan fingerprint density at radius 3 is 2.41 bits per heavy atom. The molecule has 1 aromatic heterocycles. The summed E-state index contributed by atoms with van der Waals surface area (Å²) < 4.78 is 1.41. The molecule has 2 amide bonds. The average Bonchev–Trinajstić information content (AvgIpc) is 3.21. The molecule has 0 bridgehead atoms. The van der Waals surface area contributed by atoms with Crippen LogP contribution in [-0.2, 0) is 16.1 Å². The predicted octanol–water partition coefficient (Wildman–Crippen LogP) is -0.300. The van der Waals surface area contributed by atoms with E-state index in [1.807, 2.05) is 4.90 Å². The molecule has 1 unspecified atom stereocenters. The molecule has 0 aromatic carbocycles. The summed E-state index contributed by atoms with van der Waals surface area (Å²) in [5.74, 6) is 0.578. The van der Waals surface area contributed by atoms with Crippen molar-refractivity contribution >= 4 is 11.8 Å². The molecule has 0 N–H and O–H groups in total. The van der Waals surface area contributed by atoms with Gasteiger partial charge in [0.25, 0.3) is 0 Å². The van der Waals surface area contributed by atoms with E-state index in [4.69, 9.17) is 0 Å². The summed E-state index contributed by atoms with van der Waals surface area (Å²) in [6.07, 6.45) is 8.47. The van der Waals surface area contributed by atoms with E-state index in [9.17, 15) is 9.59 Å². The number of hydrogen-bond acceptors (Lipinski definition) is 5. The number of aromatic nitrogens is 4. The first-order chi connectivity index (χ1) is 10.7. The Hall–Kier alpha value is -2.25. The van der Waals surface area contributed by atoms with Crippen LogP contribution in [0.4, 0.5) is 0 Å². The molecule has 0 saturated carbocycles. The first-order valence-corrected chi connectivity index (χ1v) is 7.65. The molecule has 118 valence electrons. The van der Waals surface area contributed by atoms with Crippen molar-refractivity contribution in [1.82, 2.24) is 30.0 Å². The molecule has 1 saturated heterocycles. The van der Waals surface area contributed by atoms with Gasteiger partial charge in [-0.1, -0.05) is 12.2 Å². The lowest BCUT2D eigenvalue weighted by atomic mass is 10.0. The van der Waals surface area contributed by atoms with Gasteiger partial charge in [-0.25, -0.2) is 4.68 Å². The normalized spacial score (nSPS) is 21.4. The maximum atomic E-state index is 12.2. The fraction of sp³-hybridized carbons (Fsp3) is 0.643. The lowest BCUT2D eigenvalue weighted by molar-refractivity contribution is -0.140. The van der Waals surface area contributed by atoms with Gasteiger partial charge in [0, 0.05) is 32.6 Å². The number of hydrogen-bond donors (Lipinski definition) is 0. The fourth-order valence-electron chi connectivity index (χ4n) is 2.92. The highest BCUT2D eigenvalue weighted by Gasteiger charge is 2.25. The van der Waals surface area contributed by atoms with Crippen molar-refractivity contribution in [3.8, 4) is 0 Å². The zero-order chi connectivity index (χ0) is 15.4. The fourth-order valence-corrected chi connectivity index (χ4v) is 2.92. The van der Waals surface area contributed by atoms with E-state index in [1.165, 1.54) is 11.0 Å². The van der Waals surface area contributed by atoms with Gasteiger partial charge in [0.15, 0.2) is 0 Å². The largest absolute Gasteiger partial charge is 0.339 e. The van der Waals surface area contributed by atoms with E-state index in [1.54, 1.807) is 4.90 Å². The van der Waals surface area contributed by atoms with Crippen LogP contribution < -0.4 is 0 Å². The van der Waals surface area contributed by atoms with Crippen LogP contribution in [0.3, 0.4) is 0 Å². The highest BCUT2D eigenvalue weighted by atomic mass is 16.2. The molecule has 2 heterocycles. The van der Waals surface area contributed by atoms with Crippen molar-refractivity contribution in [2.45, 2.75) is 25.8 Å². The minimum absolute atomic E-state index is 0.0156. The predicted molar refractivity (Wildman–Crippen MR) is 77.5 cm³/mol. The quantitative estimate of drug-likeness (QED) is 0.713. The Labute approximate surface area is 128 Å². The summed E-state index contributed by atoms with van der Waals surface area (Å²) >= 11 is 0. The summed E-state index contributed by atoms with van der Waals surface area (Å²) in [7, 11) is 0. The molecule has 2 aliphatic rings. The van der Waals surface area contributed by atoms with Crippen LogP contribution in [0.25, 0.3) is 0 Å². The molecule has 3 rings (SSSR count). The van der Waals surface area contributed by atoms with Gasteiger partial charge in [0.05, 0.1) is 0 Å². The number of nitrogens with zero attached hydrogens (tertiary/aromatic N) is 6. The number of carbonyl (C=O) groups excluding carboxylic acids is 2. The van der Waals surface area contributed by atoms with E-state index in [-0.39, 0.29) is 18.4 Å². The lowest BCUT2D eigenvalue weighted by Gasteiger charge is -2.35. The maximum absolute atomic E-state index is 12.2. The molecule has 8 heteroatoms. The van der Waals surface area contributed by atoms with Crippen molar-refractivity contribution in [3.05, 3.63) is 18.5 Å². The van der Waals surface area contributed by atoms with E-state index >= 15 is 0 Å². The third-order valence-corrected chi connectivity index (χ3v) is 4.22. The molecule has 0 spiro atoms. The van der Waals surface area contributed by atoms with Crippen LogP contribution >= 0.6 is 0 Å². The second-order valence-electron chi connectivity index (χ2n) is 5.74. The Balaban J connectivity index is 1.44. The first kappa shape index (κ1) is 14.7. The van der Waals surface area contributed by atoms with Gasteiger partial charge in [-0.3, -0.25) is 9.59 Å². The van der Waals surface area contributed by atoms with E-state index in [2.05, 4.69) is 27.7 Å². The minimum atomic E-state index is -0.0156. The SMILES string of the molecule is O=C(CC1C=CCC1)N1CCN(C(=O)Cn2cnnn2)CC1. The Bertz CT molecular complexity index is 548. The van der Waals surface area contributed by atoms with Crippen molar-refractivity contribution in [2.24, 2.45) is 5.92 Å². The molecule has 1 atom stereocenters. The number of allylic oxidation sites excluding steroid dienone is 2. The van der Waals surface area contributed by atoms with Crippen LogP contribution in [0.15, 0.2) is 18.5 Å². The monoisotopic (exact) mass is 304 g/mol. The van der Waals surface area contributed by atoms with Crippen molar-refractivity contribution < 1.29 is 9.59 Å². The molecule has 0 radical (unpaired) electrons. The lowest BCUT2D eigenvalue weighted by Crippen LogP contribution is -2.51. The zero-order valence-electron chi connectivity index (χ0n) is 12.5. The third-order valence-electron chi connectivity index (χ3n) is 4.22. The summed E-state index contributed by atoms with van der Waals surface area (Å²) in [5, 5.41) is 10.7. The second kappa shape index (κ2) is 6.67. The van der Waals surface area contributed by atoms with Crippen LogP contribution in [0.1, 0.15) is 19.3 Å². The van der Waals surface area contributed by atoms with Gasteiger partial charge in [-0.05, 0) is 29.2 Å². The number of tetrazole rings is 1. The van der Waals surface area contributed by atoms with Crippen LogP contribution in [0.5, 0.6) is 0 Å². The van der Waals surface area contributed by atoms with Crippen molar-refractivity contribution in [2.75, 3.05) is 26.2 Å². The standard InChI is InChI=1S/C14H20N6O2/c21-13(9-12-3-1-2-4-12)18-5-7-19(8-6-18)14(22)10-20-11-15-16-17-20/h1,3,11-12H,2,4-10H2. The van der Waals surface area contributed by atoms with Gasteiger partial charge < -0.3 is 9.80 Å². The summed E-state index contributed by atoms with van der Waals surface area (Å²) in [4.78, 5) is 28.0. The summed E-state index contributed by atoms with van der Waals surface area (Å²) in [5.41, 5.74) is 0. The molecule has 22 heavy (non-hydrogen) atoms. The summed E-state index contributed by atoms with van der Waals surface area (Å²) in [6.45, 7) is 2.52. The third kappa shape index (κ3) is 3.49. The number of piperazine rings is 1. The first-order valence-electron chi connectivity index (χ1n) is 7.65. The van der Waals surface area contributed by atoms with Crippen LogP contribution in [0.2, 0.25) is 0 Å². The number of carbonyl (C=O) groups is 2. The maximum Gasteiger partial charge on any atom is 0.244 e. The molecule has 8 nitrogen and oxygen atoms in total. The molecule has 1 aromatic rings. The Morgan fingerprint density at radius 2 is 1.82 bits per heavy atom. The van der Waals surface area contributed by atoms with Gasteiger partial charge in [0.2, 0.25) is 11.8 Å². The topological polar surface area (TPSA) is 84.2 Å². The number of amides is 2. The van der Waals surface area contributed by atoms with E-state index in [0.29, 0.717) is 38.5 Å². The van der Waals surface area contributed by atoms with Gasteiger partial charge >= 0.3 is 0 Å². The molecule has 1 fully saturated rings. The van der Waals surface area contributed by atoms with Gasteiger partial charge in [-0.2, -0.15) is 0 Å². The van der Waals surface area contributed by atoms with E-state index in [0.717, 1.165) is 12.8 Å². The molecule has 1 aliphatic carbocycles. The minimum Gasteiger partial charge on any atom is -0.339 e. The van der Waals surface area contributed by atoms with Gasteiger partial charge in [-0.15, -0.1) is 5.10 Å². The highest BCUT2D eigenvalue weighted by molar-refractivity contribution is 5.78. The van der Waals surface area contributed by atoms with Gasteiger partial charge in [0.1, 0.15) is 12.9 Å². The van der Waals surface area contributed by atoms with Crippen LogP contribution in [-0.4, -0.2) is 68.0 Å². The van der Waals surface area contributed by atoms with Crippen LogP contribution in [0, 0.1) is 5.92 Å².